The van der Waals surface area contributed by atoms with Crippen molar-refractivity contribution < 1.29 is 14.6 Å². The molecule has 34 heavy (non-hydrogen) atoms. The average molecular weight is 487 g/mol. The Morgan fingerprint density at radius 1 is 1.06 bits per heavy atom. The molecule has 0 aliphatic heterocycles. The van der Waals surface area contributed by atoms with E-state index >= 15 is 0 Å². The molecule has 0 atom stereocenters. The minimum atomic E-state index is -0.0638. The van der Waals surface area contributed by atoms with E-state index in [2.05, 4.69) is 6.07 Å². The summed E-state index contributed by atoms with van der Waals surface area (Å²) in [4.78, 5) is 16.0. The van der Waals surface area contributed by atoms with Crippen LogP contribution in [0.4, 0.5) is 0 Å². The first-order chi connectivity index (χ1) is 16.5. The Morgan fingerprint density at radius 2 is 1.76 bits per heavy atom. The highest BCUT2D eigenvalue weighted by molar-refractivity contribution is 7.98. The van der Waals surface area contributed by atoms with Crippen LogP contribution < -0.4 is 4.74 Å². The van der Waals surface area contributed by atoms with Crippen LogP contribution in [0.25, 0.3) is 22.4 Å². The molecule has 0 amide bonds. The summed E-state index contributed by atoms with van der Waals surface area (Å²) in [5.74, 6) is 1.13. The summed E-state index contributed by atoms with van der Waals surface area (Å²) in [6.07, 6.45) is 0.616. The molecule has 168 valence electrons. The Morgan fingerprint density at radius 3 is 2.41 bits per heavy atom. The van der Waals surface area contributed by atoms with Gasteiger partial charge >= 0.3 is 0 Å². The molecule has 0 unspecified atom stereocenters. The lowest BCUT2D eigenvalue weighted by atomic mass is 9.99. The second-order valence-corrected chi connectivity index (χ2v) is 8.78. The van der Waals surface area contributed by atoms with Crippen molar-refractivity contribution in [3.05, 3.63) is 94.5 Å². The van der Waals surface area contributed by atoms with Gasteiger partial charge in [-0.05, 0) is 53.6 Å². The Labute approximate surface area is 206 Å². The summed E-state index contributed by atoms with van der Waals surface area (Å²) in [5, 5.41) is 21.0. The molecule has 0 spiro atoms. The summed E-state index contributed by atoms with van der Waals surface area (Å²) in [5.41, 5.74) is 4.72. The van der Waals surface area contributed by atoms with E-state index in [4.69, 9.17) is 21.3 Å². The van der Waals surface area contributed by atoms with E-state index in [1.807, 2.05) is 42.5 Å². The highest BCUT2D eigenvalue weighted by Crippen LogP contribution is 2.36. The minimum absolute atomic E-state index is 0.0638. The van der Waals surface area contributed by atoms with Gasteiger partial charge in [0.15, 0.2) is 6.29 Å². The van der Waals surface area contributed by atoms with E-state index in [1.165, 1.54) is 17.8 Å². The van der Waals surface area contributed by atoms with Crippen LogP contribution in [0.2, 0.25) is 5.02 Å². The van der Waals surface area contributed by atoms with Crippen LogP contribution in [-0.2, 0) is 5.75 Å². The molecule has 0 aliphatic rings. The zero-order valence-corrected chi connectivity index (χ0v) is 19.7. The summed E-state index contributed by atoms with van der Waals surface area (Å²) >= 11 is 7.46. The van der Waals surface area contributed by atoms with Crippen LogP contribution in [0.15, 0.2) is 77.8 Å². The third-order valence-corrected chi connectivity index (χ3v) is 6.53. The van der Waals surface area contributed by atoms with Gasteiger partial charge in [0.05, 0.1) is 23.9 Å². The van der Waals surface area contributed by atoms with Gasteiger partial charge in [-0.1, -0.05) is 41.9 Å². The third-order valence-electron chi connectivity index (χ3n) is 5.23. The molecule has 0 fully saturated rings. The standard InChI is InChI=1S/C27H19ClN2O3S/c1-33-22-9-5-18(6-10-22)23-13-25(19-3-7-21(28)8-4-19)30-27(24(23)14-29)34-16-17-2-11-26(32)20(12-17)15-31/h2-13,15,32H,16H2,1H3. The number of carbonyl (C=O) groups is 1. The number of nitriles is 1. The SMILES string of the molecule is COc1ccc(-c2cc(-c3ccc(Cl)cc3)nc(SCc3ccc(O)c(C=O)c3)c2C#N)cc1. The molecule has 0 radical (unpaired) electrons. The number of thioether (sulfide) groups is 1. The first kappa shape index (κ1) is 23.4. The molecule has 1 heterocycles. The van der Waals surface area contributed by atoms with Crippen LogP contribution in [-0.4, -0.2) is 23.5 Å². The first-order valence-electron chi connectivity index (χ1n) is 10.3. The van der Waals surface area contributed by atoms with Crippen molar-refractivity contribution in [2.45, 2.75) is 10.8 Å². The number of aromatic hydroxyl groups is 1. The first-order valence-corrected chi connectivity index (χ1v) is 11.6. The van der Waals surface area contributed by atoms with Crippen LogP contribution >= 0.6 is 23.4 Å². The molecule has 1 aromatic heterocycles. The van der Waals surface area contributed by atoms with Crippen LogP contribution in [0.5, 0.6) is 11.5 Å². The number of phenolic OH excluding ortho intramolecular Hbond substituents is 1. The van der Waals surface area contributed by atoms with Crippen molar-refractivity contribution >= 4 is 29.6 Å². The molecular weight excluding hydrogens is 468 g/mol. The fraction of sp³-hybridized carbons (Fsp3) is 0.0741. The Kier molecular flexibility index (Phi) is 7.17. The number of benzene rings is 3. The maximum Gasteiger partial charge on any atom is 0.153 e. The minimum Gasteiger partial charge on any atom is -0.507 e. The van der Waals surface area contributed by atoms with E-state index < -0.39 is 0 Å². The average Bonchev–Trinajstić information content (AvgIpc) is 2.88. The fourth-order valence-corrected chi connectivity index (χ4v) is 4.51. The van der Waals surface area contributed by atoms with Crippen molar-refractivity contribution in [3.63, 3.8) is 0 Å². The maximum absolute atomic E-state index is 11.2. The van der Waals surface area contributed by atoms with Gasteiger partial charge in [0.2, 0.25) is 0 Å². The number of hydrogen-bond donors (Lipinski definition) is 1. The maximum atomic E-state index is 11.2. The zero-order chi connectivity index (χ0) is 24.1. The second kappa shape index (κ2) is 10.4. The van der Waals surface area contributed by atoms with Gasteiger partial charge < -0.3 is 9.84 Å². The molecule has 3 aromatic carbocycles. The van der Waals surface area contributed by atoms with Gasteiger partial charge in [-0.2, -0.15) is 5.26 Å². The fourth-order valence-electron chi connectivity index (χ4n) is 3.44. The van der Waals surface area contributed by atoms with E-state index in [-0.39, 0.29) is 11.3 Å². The number of hydrogen-bond acceptors (Lipinski definition) is 6. The molecule has 0 saturated carbocycles. The Bertz CT molecular complexity index is 1380. The summed E-state index contributed by atoms with van der Waals surface area (Å²) < 4.78 is 5.27. The van der Waals surface area contributed by atoms with Gasteiger partial charge in [0.1, 0.15) is 22.6 Å². The number of phenols is 1. The number of nitrogens with zero attached hydrogens (tertiary/aromatic N) is 2. The van der Waals surface area contributed by atoms with E-state index in [9.17, 15) is 15.2 Å². The molecule has 1 N–H and O–H groups in total. The number of aldehydes is 1. The van der Waals surface area contributed by atoms with Crippen molar-refractivity contribution in [1.82, 2.24) is 4.98 Å². The van der Waals surface area contributed by atoms with E-state index in [0.29, 0.717) is 33.3 Å². The van der Waals surface area contributed by atoms with Crippen LogP contribution in [0.3, 0.4) is 0 Å². The van der Waals surface area contributed by atoms with Crippen LogP contribution in [0, 0.1) is 11.3 Å². The van der Waals surface area contributed by atoms with Crippen molar-refractivity contribution in [3.8, 4) is 40.0 Å². The number of aromatic nitrogens is 1. The Balaban J connectivity index is 1.80. The quantitative estimate of drug-likeness (QED) is 0.229. The van der Waals surface area contributed by atoms with Crippen molar-refractivity contribution in [2.75, 3.05) is 7.11 Å². The topological polar surface area (TPSA) is 83.2 Å². The van der Waals surface area contributed by atoms with Gasteiger partial charge in [0, 0.05) is 21.9 Å². The van der Waals surface area contributed by atoms with Crippen molar-refractivity contribution in [2.24, 2.45) is 0 Å². The largest absolute Gasteiger partial charge is 0.507 e. The molecule has 4 aromatic rings. The predicted octanol–water partition coefficient (Wildman–Crippen LogP) is 6.76. The molecule has 4 rings (SSSR count). The monoisotopic (exact) mass is 486 g/mol. The normalized spacial score (nSPS) is 10.5. The zero-order valence-electron chi connectivity index (χ0n) is 18.2. The Hall–Kier alpha value is -3.79. The lowest BCUT2D eigenvalue weighted by Gasteiger charge is -2.13. The van der Waals surface area contributed by atoms with E-state index in [1.54, 1.807) is 31.4 Å². The van der Waals surface area contributed by atoms with Gasteiger partial charge in [0.25, 0.3) is 0 Å². The summed E-state index contributed by atoms with van der Waals surface area (Å²) in [7, 11) is 1.61. The number of ether oxygens (including phenoxy) is 1. The molecule has 0 bridgehead atoms. The highest BCUT2D eigenvalue weighted by atomic mass is 35.5. The summed E-state index contributed by atoms with van der Waals surface area (Å²) in [6.45, 7) is 0. The predicted molar refractivity (Wildman–Crippen MR) is 134 cm³/mol. The second-order valence-electron chi connectivity index (χ2n) is 7.38. The molecular formula is C27H19ClN2O3S. The molecule has 5 nitrogen and oxygen atoms in total. The molecule has 0 saturated heterocycles. The number of pyridine rings is 1. The smallest absolute Gasteiger partial charge is 0.153 e. The number of halogens is 1. The van der Waals surface area contributed by atoms with E-state index in [0.717, 1.165) is 28.0 Å². The third kappa shape index (κ3) is 5.07. The highest BCUT2D eigenvalue weighted by Gasteiger charge is 2.16. The molecule has 0 aliphatic carbocycles. The van der Waals surface area contributed by atoms with Gasteiger partial charge in [-0.15, -0.1) is 11.8 Å². The summed E-state index contributed by atoms with van der Waals surface area (Å²) in [6, 6.07) is 24.0. The van der Waals surface area contributed by atoms with Gasteiger partial charge in [-0.25, -0.2) is 4.98 Å². The molecule has 7 heteroatoms. The van der Waals surface area contributed by atoms with Crippen LogP contribution in [0.1, 0.15) is 21.5 Å². The lowest BCUT2D eigenvalue weighted by molar-refractivity contribution is 0.112. The number of methoxy groups -OCH3 is 1. The lowest BCUT2D eigenvalue weighted by Crippen LogP contribution is -1.97. The number of carbonyl (C=O) groups excluding carboxylic acids is 1. The van der Waals surface area contributed by atoms with Gasteiger partial charge in [-0.3, -0.25) is 4.79 Å². The van der Waals surface area contributed by atoms with Crippen molar-refractivity contribution in [1.29, 1.82) is 5.26 Å². The number of rotatable bonds is 7.